The van der Waals surface area contributed by atoms with Crippen molar-refractivity contribution in [1.82, 2.24) is 73.0 Å². The number of allylic oxidation sites excluding steroid dienone is 3. The van der Waals surface area contributed by atoms with Gasteiger partial charge in [-0.15, -0.1) is 0 Å². The first kappa shape index (κ1) is 111. The van der Waals surface area contributed by atoms with Crippen molar-refractivity contribution in [2.24, 2.45) is 29.6 Å². The minimum Gasteiger partial charge on any atom is -0.495 e. The Morgan fingerprint density at radius 2 is 0.808 bits per heavy atom. The fraction of sp³-hybridized carbons (Fsp3) is 0.452. The summed E-state index contributed by atoms with van der Waals surface area (Å²) in [6.45, 7) is 21.2. The molecule has 36 nitrogen and oxygen atoms in total. The van der Waals surface area contributed by atoms with Gasteiger partial charge in [0.05, 0.1) is 127 Å². The van der Waals surface area contributed by atoms with Crippen molar-refractivity contribution in [1.29, 1.82) is 0 Å². The number of nitrogens with one attached hydrogen (secondary N) is 3. The molecule has 146 heavy (non-hydrogen) atoms. The number of pyridine rings is 3. The molecule has 8 atom stereocenters. The van der Waals surface area contributed by atoms with Crippen LogP contribution < -0.4 is 61.0 Å². The molecule has 0 spiro atoms. The number of methoxy groups -OCH3 is 6. The van der Waals surface area contributed by atoms with Gasteiger partial charge in [-0.2, -0.15) is 15.0 Å². The third kappa shape index (κ3) is 26.5. The number of anilines is 3. The molecule has 0 bridgehead atoms. The van der Waals surface area contributed by atoms with Crippen molar-refractivity contribution in [2.75, 3.05) is 192 Å². The van der Waals surface area contributed by atoms with Crippen LogP contribution in [-0.4, -0.2) is 309 Å². The van der Waals surface area contributed by atoms with Crippen LogP contribution in [0.25, 0.3) is 66.5 Å². The summed E-state index contributed by atoms with van der Waals surface area (Å²) in [6.07, 6.45) is 20.0. The number of carbonyl (C=O) groups is 6. The van der Waals surface area contributed by atoms with Crippen molar-refractivity contribution >= 4 is 156 Å². The highest BCUT2D eigenvalue weighted by Crippen LogP contribution is 2.50. The Labute approximate surface area is 876 Å². The number of halogens is 6. The van der Waals surface area contributed by atoms with Crippen LogP contribution in [-0.2, 0) is 62.6 Å². The third-order valence-electron chi connectivity index (χ3n) is 26.6. The summed E-state index contributed by atoms with van der Waals surface area (Å²) in [7, 11) is 18.5. The van der Waals surface area contributed by atoms with E-state index in [2.05, 4.69) is 67.4 Å². The monoisotopic (exact) mass is 2120 g/mol. The largest absolute Gasteiger partial charge is 0.495 e. The Kier molecular flexibility index (Phi) is 39.2. The van der Waals surface area contributed by atoms with Gasteiger partial charge in [0.15, 0.2) is 17.3 Å². The van der Waals surface area contributed by atoms with E-state index in [0.29, 0.717) is 218 Å². The number of aromatic nitrogens is 9. The Bertz CT molecular complexity index is 6640. The highest BCUT2D eigenvalue weighted by molar-refractivity contribution is 6.43. The number of fused-ring (bicyclic) bond motifs is 3. The van der Waals surface area contributed by atoms with Gasteiger partial charge in [0, 0.05) is 211 Å². The molecule has 6 saturated heterocycles. The molecule has 6 fully saturated rings. The molecule has 778 valence electrons. The average Bonchev–Trinajstić information content (AvgIpc) is 0.787. The number of piperazine rings is 1. The van der Waals surface area contributed by atoms with E-state index in [1.54, 1.807) is 102 Å². The molecule has 3 aromatic carbocycles. The Balaban J connectivity index is 0.000000183. The number of ketones is 3. The van der Waals surface area contributed by atoms with E-state index in [-0.39, 0.29) is 201 Å². The average molecular weight is 2120 g/mol. The van der Waals surface area contributed by atoms with Crippen LogP contribution in [0.4, 0.5) is 17.8 Å². The maximum absolute atomic E-state index is 14.6. The number of rotatable bonds is 37. The molecule has 6 aliphatic rings. The number of carbonyl (C=O) groups excluding carboxylic acids is 6. The Morgan fingerprint density at radius 3 is 1.16 bits per heavy atom. The molecule has 0 radical (unpaired) electrons. The van der Waals surface area contributed by atoms with Crippen molar-refractivity contribution in [3.63, 3.8) is 0 Å². The zero-order chi connectivity index (χ0) is 105. The predicted octanol–water partition coefficient (Wildman–Crippen LogP) is 13.3. The van der Waals surface area contributed by atoms with E-state index in [9.17, 15) is 43.2 Å². The second-order valence-corrected chi connectivity index (χ2v) is 39.2. The van der Waals surface area contributed by atoms with Gasteiger partial charge in [0.2, 0.25) is 29.7 Å². The number of amides is 3. The number of ether oxygens (including phenoxy) is 9. The summed E-state index contributed by atoms with van der Waals surface area (Å²) in [4.78, 5) is 158. The van der Waals surface area contributed by atoms with Gasteiger partial charge in [0.1, 0.15) is 51.4 Å². The summed E-state index contributed by atoms with van der Waals surface area (Å²) in [6, 6.07) is 8.80. The Morgan fingerprint density at radius 1 is 0.466 bits per heavy atom. The third-order valence-corrected chi connectivity index (χ3v) is 28.9. The number of hydrogen-bond donors (Lipinski definition) is 3. The minimum atomic E-state index is -0.401. The standard InChI is InChI=1S/C35H42Cl2N6O6.C35H40Cl2N6O6.C34H40Cl2N6O6/c1-6-24(44)14-22-10-13-49-20-26(22)39-35-38-17-23-15-25(30-31(36)27(47-4)16-28(48-5)32(30)37)34(46)43(33(23)40-35)19-21-9-12-42(18-21)29(45)8-7-11-41(2)3;1-6-8-29(45)42-13-12-41(3)19-23(42)9-11-43-33-22(16-25(34(43)46)30-31(36)27(47-4)17-28(48-5)32(30)37)18-38-35(40-33)39-26-20-49-14-10-21(26)15-24(44)7-2;1-6-23(43)12-21-9-11-48-19-25(21)38-34-37-15-22-13-24(29-30(35)26(46-4)14-27(47-5)31(29)36)33(45)42(32(22)39-34)18-20-16-41(17-20)28(44)8-7-10-40(2)3/h6-8,15-17,21-22,26H,1,9-14,18-20H2,2-5H3,(H,38,39,40);7,16-18,21,23,26H,2,9-15,19-20H2,1,3-5H3,(H,38,39,40);6-8,13-15,20-21,25H,1,9-12,16-19H2,2-5H3,(H,37,38,39)/b8-7+;;8-7+/t21?,22-,26-;;21-,25-/m1.1/s1. The minimum absolute atomic E-state index is 0.00391. The van der Waals surface area contributed by atoms with Gasteiger partial charge in [-0.05, 0) is 140 Å². The second-order valence-electron chi connectivity index (χ2n) is 36.9. The summed E-state index contributed by atoms with van der Waals surface area (Å²) < 4.78 is 54.7. The SMILES string of the molecule is C=CC(=O)CC1CCOCC1Nc1ncc2cc(-c3c(Cl)c(OC)cc(OC)c3Cl)c(=O)n(CCC3CN(C)CCN3C(=O)C#CC)c2n1.C=CC(=O)C[C@H]1CCOC[C@H]1Nc1ncc2cc(-c3c(Cl)c(OC)cc(OC)c3Cl)c(=O)n(CC3CCN(C(=O)/C=C/CN(C)C)C3)c2n1.C=CC(=O)C[C@H]1CCOC[C@H]1Nc1ncc2cc(-c3c(Cl)c(OC)cc(OC)c3Cl)c(=O)n(CC3CN(C(=O)/C=C/CN(C)C)C3)c2n1. The van der Waals surface area contributed by atoms with Crippen molar-refractivity contribution in [3.8, 4) is 79.7 Å². The molecular weight excluding hydrogens is 2000 g/mol. The Hall–Kier alpha value is -12.1. The van der Waals surface area contributed by atoms with E-state index in [0.717, 1.165) is 0 Å². The number of likely N-dealkylation sites (tertiary alicyclic amines) is 2. The van der Waals surface area contributed by atoms with E-state index in [1.807, 2.05) is 57.2 Å². The van der Waals surface area contributed by atoms with Crippen molar-refractivity contribution in [2.45, 2.75) is 102 Å². The van der Waals surface area contributed by atoms with Crippen molar-refractivity contribution < 1.29 is 71.4 Å². The first-order valence-corrected chi connectivity index (χ1v) is 50.1. The summed E-state index contributed by atoms with van der Waals surface area (Å²) in [5.74, 6) is 7.46. The van der Waals surface area contributed by atoms with E-state index < -0.39 is 5.56 Å². The smallest absolute Gasteiger partial charge is 0.298 e. The maximum atomic E-state index is 14.6. The number of benzene rings is 3. The lowest BCUT2D eigenvalue weighted by Gasteiger charge is -2.39. The van der Waals surface area contributed by atoms with Crippen LogP contribution >= 0.6 is 69.6 Å². The molecule has 3 amide bonds. The quantitative estimate of drug-likeness (QED) is 0.0240. The molecule has 9 aromatic rings. The van der Waals surface area contributed by atoms with Gasteiger partial charge in [-0.1, -0.05) is 107 Å². The molecule has 15 rings (SSSR count). The molecule has 12 heterocycles. The number of nitrogens with zero attached hydrogens (tertiary/aromatic N) is 15. The topological polar surface area (TPSA) is 384 Å². The van der Waals surface area contributed by atoms with Gasteiger partial charge < -0.3 is 88.0 Å². The molecule has 6 aliphatic heterocycles. The zero-order valence-electron chi connectivity index (χ0n) is 83.8. The number of aryl methyl sites for hydroxylation is 1. The lowest BCUT2D eigenvalue weighted by atomic mass is 9.90. The van der Waals surface area contributed by atoms with Gasteiger partial charge >= 0.3 is 0 Å². The first-order chi connectivity index (χ1) is 70.2. The van der Waals surface area contributed by atoms with Crippen LogP contribution in [0.3, 0.4) is 0 Å². The second kappa shape index (κ2) is 51.5. The van der Waals surface area contributed by atoms with Crippen LogP contribution in [0.2, 0.25) is 30.1 Å². The number of hydrogen-bond acceptors (Lipinski definition) is 30. The molecule has 3 N–H and O–H groups in total. The van der Waals surface area contributed by atoms with E-state index in [1.165, 1.54) is 60.9 Å². The molecule has 6 aromatic heterocycles. The van der Waals surface area contributed by atoms with Crippen LogP contribution in [0.5, 0.6) is 34.5 Å². The van der Waals surface area contributed by atoms with Crippen LogP contribution in [0, 0.1) is 41.4 Å². The summed E-state index contributed by atoms with van der Waals surface area (Å²) in [5, 5.41) is 12.7. The molecule has 42 heteroatoms. The maximum Gasteiger partial charge on any atom is 0.298 e. The predicted molar refractivity (Wildman–Crippen MR) is 567 cm³/mol. The molecule has 4 unspecified atom stereocenters. The van der Waals surface area contributed by atoms with Gasteiger partial charge in [-0.3, -0.25) is 56.9 Å². The fourth-order valence-corrected chi connectivity index (χ4v) is 20.8. The fourth-order valence-electron chi connectivity index (χ4n) is 18.7. The lowest BCUT2D eigenvalue weighted by Crippen LogP contribution is -2.54. The van der Waals surface area contributed by atoms with Crippen LogP contribution in [0.1, 0.15) is 58.3 Å². The first-order valence-electron chi connectivity index (χ1n) is 47.8. The van der Waals surface area contributed by atoms with E-state index >= 15 is 0 Å². The molecule has 0 aliphatic carbocycles. The van der Waals surface area contributed by atoms with Gasteiger partial charge in [0.25, 0.3) is 22.6 Å². The summed E-state index contributed by atoms with van der Waals surface area (Å²) in [5.41, 5.74) is 1.47. The summed E-state index contributed by atoms with van der Waals surface area (Å²) >= 11 is 40.7. The number of likely N-dealkylation sites (N-methyl/N-ethyl adjacent to an activating group) is 3. The van der Waals surface area contributed by atoms with E-state index in [4.69, 9.17) is 127 Å². The highest BCUT2D eigenvalue weighted by Gasteiger charge is 2.38. The van der Waals surface area contributed by atoms with Crippen molar-refractivity contribution in [3.05, 3.63) is 178 Å². The van der Waals surface area contributed by atoms with Gasteiger partial charge in [-0.25, -0.2) is 15.0 Å². The van der Waals surface area contributed by atoms with Crippen LogP contribution in [0.15, 0.2) is 132 Å². The molecule has 0 saturated carbocycles. The molecular formula is C104H122Cl6N18O18. The lowest BCUT2D eigenvalue weighted by molar-refractivity contribution is -0.132. The zero-order valence-corrected chi connectivity index (χ0v) is 88.3. The highest BCUT2D eigenvalue weighted by atomic mass is 35.5. The normalized spacial score (nSPS) is 19.1.